The minimum absolute atomic E-state index is 0.00159. The summed E-state index contributed by atoms with van der Waals surface area (Å²) in [5.74, 6) is -1.81. The first-order chi connectivity index (χ1) is 20.5. The largest absolute Gasteiger partial charge is 0.460 e. The van der Waals surface area contributed by atoms with Crippen LogP contribution in [0.25, 0.3) is 0 Å². The number of nitrogens with zero attached hydrogens (tertiary/aromatic N) is 1. The number of amides is 2. The van der Waals surface area contributed by atoms with Crippen molar-refractivity contribution in [2.24, 2.45) is 5.92 Å². The van der Waals surface area contributed by atoms with Crippen LogP contribution in [-0.2, 0) is 46.6 Å². The van der Waals surface area contributed by atoms with E-state index in [4.69, 9.17) is 8.92 Å². The normalized spacial score (nSPS) is 11.9. The Labute approximate surface area is 253 Å². The molecule has 0 bridgehead atoms. The van der Waals surface area contributed by atoms with Crippen LogP contribution in [0, 0.1) is 12.8 Å². The molecule has 0 aliphatic carbocycles. The van der Waals surface area contributed by atoms with Crippen molar-refractivity contribution in [3.63, 3.8) is 0 Å². The van der Waals surface area contributed by atoms with Gasteiger partial charge in [-0.05, 0) is 42.5 Å². The predicted molar refractivity (Wildman–Crippen MR) is 163 cm³/mol. The van der Waals surface area contributed by atoms with Gasteiger partial charge in [-0.2, -0.15) is 8.42 Å². The molecule has 0 spiro atoms. The van der Waals surface area contributed by atoms with Gasteiger partial charge in [0.1, 0.15) is 19.2 Å². The van der Waals surface area contributed by atoms with Gasteiger partial charge in [-0.1, -0.05) is 98.8 Å². The molecule has 0 aliphatic rings. The third-order valence-electron chi connectivity index (χ3n) is 6.48. The molecule has 228 valence electrons. The zero-order valence-corrected chi connectivity index (χ0v) is 25.5. The van der Waals surface area contributed by atoms with Gasteiger partial charge in [0, 0.05) is 12.1 Å². The van der Waals surface area contributed by atoms with Crippen molar-refractivity contribution in [3.8, 4) is 0 Å². The summed E-state index contributed by atoms with van der Waals surface area (Å²) in [5.41, 5.74) is 2.30. The van der Waals surface area contributed by atoms with Crippen LogP contribution in [0.3, 0.4) is 0 Å². The fourth-order valence-electron chi connectivity index (χ4n) is 4.18. The Bertz CT molecular complexity index is 1490. The van der Waals surface area contributed by atoms with Gasteiger partial charge in [0.25, 0.3) is 16.0 Å². The highest BCUT2D eigenvalue weighted by atomic mass is 32.2. The fraction of sp³-hybridized carbons (Fsp3) is 0.303. The van der Waals surface area contributed by atoms with E-state index in [1.54, 1.807) is 12.1 Å². The second-order valence-electron chi connectivity index (χ2n) is 10.6. The van der Waals surface area contributed by atoms with Crippen LogP contribution in [0.15, 0.2) is 102 Å². The molecule has 0 saturated heterocycles. The summed E-state index contributed by atoms with van der Waals surface area (Å²) in [6, 6.07) is 23.4. The predicted octanol–water partition coefficient (Wildman–Crippen LogP) is 4.56. The van der Waals surface area contributed by atoms with Crippen LogP contribution in [-0.4, -0.2) is 50.3 Å². The maximum absolute atomic E-state index is 13.8. The van der Waals surface area contributed by atoms with Crippen molar-refractivity contribution in [2.45, 2.75) is 51.3 Å². The van der Waals surface area contributed by atoms with Gasteiger partial charge in [0.05, 0.1) is 11.5 Å². The number of hydrogen-bond donors (Lipinski definition) is 1. The Hall–Kier alpha value is -4.28. The van der Waals surface area contributed by atoms with E-state index in [2.05, 4.69) is 11.9 Å². The van der Waals surface area contributed by atoms with Crippen molar-refractivity contribution >= 4 is 27.9 Å². The summed E-state index contributed by atoms with van der Waals surface area (Å²) in [5, 5.41) is 2.60. The second-order valence-corrected chi connectivity index (χ2v) is 12.2. The molecule has 0 aliphatic heterocycles. The number of carbonyl (C=O) groups excluding carboxylic acids is 3. The number of aryl methyl sites for hydroxylation is 1. The number of esters is 1. The minimum Gasteiger partial charge on any atom is -0.460 e. The average molecular weight is 607 g/mol. The quantitative estimate of drug-likeness (QED) is 0.153. The molecule has 2 amide bonds. The van der Waals surface area contributed by atoms with Crippen molar-refractivity contribution in [2.75, 3.05) is 13.2 Å². The summed E-state index contributed by atoms with van der Waals surface area (Å²) in [6.45, 7) is 8.57. The Morgan fingerprint density at radius 2 is 1.47 bits per heavy atom. The highest BCUT2D eigenvalue weighted by molar-refractivity contribution is 7.86. The van der Waals surface area contributed by atoms with Crippen LogP contribution < -0.4 is 5.32 Å². The highest BCUT2D eigenvalue weighted by Gasteiger charge is 2.32. The first-order valence-corrected chi connectivity index (χ1v) is 15.3. The van der Waals surface area contributed by atoms with E-state index in [0.717, 1.165) is 16.7 Å². The van der Waals surface area contributed by atoms with E-state index in [9.17, 15) is 22.8 Å². The van der Waals surface area contributed by atoms with Crippen molar-refractivity contribution in [1.82, 2.24) is 10.2 Å². The maximum Gasteiger partial charge on any atom is 0.325 e. The molecule has 0 fully saturated rings. The molecule has 1 atom stereocenters. The lowest BCUT2D eigenvalue weighted by Crippen LogP contribution is -2.51. The molecule has 0 aromatic heterocycles. The molecule has 43 heavy (non-hydrogen) atoms. The topological polar surface area (TPSA) is 119 Å². The monoisotopic (exact) mass is 606 g/mol. The van der Waals surface area contributed by atoms with E-state index in [1.165, 1.54) is 17.0 Å². The third kappa shape index (κ3) is 10.5. The average Bonchev–Trinajstić information content (AvgIpc) is 3.00. The number of benzene rings is 3. The molecule has 0 unspecified atom stereocenters. The molecule has 0 radical (unpaired) electrons. The molecular formula is C33H38N2O7S. The van der Waals surface area contributed by atoms with Gasteiger partial charge in [-0.15, -0.1) is 0 Å². The van der Waals surface area contributed by atoms with Crippen LogP contribution in [0.5, 0.6) is 0 Å². The van der Waals surface area contributed by atoms with Crippen LogP contribution in [0.4, 0.5) is 0 Å². The van der Waals surface area contributed by atoms with Gasteiger partial charge < -0.3 is 15.0 Å². The van der Waals surface area contributed by atoms with Gasteiger partial charge >= 0.3 is 5.97 Å². The molecule has 9 nitrogen and oxygen atoms in total. The van der Waals surface area contributed by atoms with Crippen molar-refractivity contribution < 1.29 is 31.7 Å². The lowest BCUT2D eigenvalue weighted by molar-refractivity contribution is -0.146. The molecular weight excluding hydrogens is 568 g/mol. The second kappa shape index (κ2) is 15.8. The van der Waals surface area contributed by atoms with E-state index >= 15 is 0 Å². The molecule has 3 aromatic carbocycles. The standard InChI is InChI=1S/C33H38N2O7S/c1-24(2)19-30(32(37)34-20-31(36)41-23-28-13-9-6-10-14-28)35(21-27-11-7-5-8-12-27)33(38)26(4)22-42-43(39,40)29-17-15-25(3)16-18-29/h5-18,24,30H,4,19-23H2,1-3H3,(H,34,37)/t30-/m0/s1. The summed E-state index contributed by atoms with van der Waals surface area (Å²) in [7, 11) is -4.15. The number of nitrogens with one attached hydrogen (secondary N) is 1. The first kappa shape index (κ1) is 33.2. The molecule has 1 N–H and O–H groups in total. The Kier molecular flexibility index (Phi) is 12.2. The van der Waals surface area contributed by atoms with E-state index in [1.807, 2.05) is 81.4 Å². The Balaban J connectivity index is 1.75. The molecule has 0 heterocycles. The molecule has 0 saturated carbocycles. The van der Waals surface area contributed by atoms with E-state index in [-0.39, 0.29) is 42.5 Å². The Morgan fingerprint density at radius 1 is 0.884 bits per heavy atom. The van der Waals surface area contributed by atoms with Crippen LogP contribution in [0.2, 0.25) is 0 Å². The van der Waals surface area contributed by atoms with Gasteiger partial charge in [0.2, 0.25) is 5.91 Å². The third-order valence-corrected chi connectivity index (χ3v) is 7.76. The van der Waals surface area contributed by atoms with E-state index < -0.39 is 40.6 Å². The van der Waals surface area contributed by atoms with Gasteiger partial charge in [0.15, 0.2) is 0 Å². The lowest BCUT2D eigenvalue weighted by atomic mass is 9.99. The van der Waals surface area contributed by atoms with Crippen molar-refractivity contribution in [3.05, 3.63) is 114 Å². The summed E-state index contributed by atoms with van der Waals surface area (Å²) < 4.78 is 35.9. The SMILES string of the molecule is C=C(COS(=O)(=O)c1ccc(C)cc1)C(=O)N(Cc1ccccc1)[C@@H](CC(C)C)C(=O)NCC(=O)OCc1ccccc1. The summed E-state index contributed by atoms with van der Waals surface area (Å²) in [6.07, 6.45) is 0.277. The Morgan fingerprint density at radius 3 is 2.05 bits per heavy atom. The molecule has 3 aromatic rings. The smallest absolute Gasteiger partial charge is 0.325 e. The fourth-order valence-corrected chi connectivity index (χ4v) is 5.08. The summed E-state index contributed by atoms with van der Waals surface area (Å²) in [4.78, 5) is 40.9. The molecule has 10 heteroatoms. The number of ether oxygens (including phenoxy) is 1. The number of hydrogen-bond acceptors (Lipinski definition) is 7. The van der Waals surface area contributed by atoms with Crippen LogP contribution >= 0.6 is 0 Å². The number of rotatable bonds is 15. The highest BCUT2D eigenvalue weighted by Crippen LogP contribution is 2.20. The lowest BCUT2D eigenvalue weighted by Gasteiger charge is -2.32. The van der Waals surface area contributed by atoms with Crippen molar-refractivity contribution in [1.29, 1.82) is 0 Å². The van der Waals surface area contributed by atoms with Gasteiger partial charge in [-0.25, -0.2) is 0 Å². The minimum atomic E-state index is -4.15. The maximum atomic E-state index is 13.8. The first-order valence-electron chi connectivity index (χ1n) is 13.9. The summed E-state index contributed by atoms with van der Waals surface area (Å²) >= 11 is 0. The van der Waals surface area contributed by atoms with Crippen LogP contribution in [0.1, 0.15) is 37.0 Å². The molecule has 3 rings (SSSR count). The zero-order valence-electron chi connectivity index (χ0n) is 24.7. The number of carbonyl (C=O) groups is 3. The van der Waals surface area contributed by atoms with Gasteiger partial charge in [-0.3, -0.25) is 18.6 Å². The van der Waals surface area contributed by atoms with E-state index in [0.29, 0.717) is 0 Å². The zero-order chi connectivity index (χ0) is 31.4.